The fourth-order valence-electron chi connectivity index (χ4n) is 2.60. The Morgan fingerprint density at radius 2 is 2.32 bits per heavy atom. The van der Waals surface area contributed by atoms with Gasteiger partial charge in [0.1, 0.15) is 29.2 Å². The topological polar surface area (TPSA) is 77.0 Å². The van der Waals surface area contributed by atoms with Gasteiger partial charge in [-0.2, -0.15) is 5.10 Å². The van der Waals surface area contributed by atoms with Gasteiger partial charge in [0.25, 0.3) is 5.91 Å². The zero-order chi connectivity index (χ0) is 15.1. The third-order valence-corrected chi connectivity index (χ3v) is 4.60. The lowest BCUT2D eigenvalue weighted by Crippen LogP contribution is -2.39. The highest BCUT2D eigenvalue weighted by atomic mass is 32.1. The van der Waals surface area contributed by atoms with Gasteiger partial charge in [-0.05, 0) is 18.4 Å². The number of nitrogens with zero attached hydrogens (tertiary/aromatic N) is 5. The maximum Gasteiger partial charge on any atom is 0.260 e. The number of aromatic nitrogens is 4. The summed E-state index contributed by atoms with van der Waals surface area (Å²) < 4.78 is 7.09. The molecule has 0 aromatic carbocycles. The van der Waals surface area contributed by atoms with Crippen molar-refractivity contribution in [1.29, 1.82) is 0 Å². The van der Waals surface area contributed by atoms with Crippen molar-refractivity contribution in [2.45, 2.75) is 20.0 Å². The van der Waals surface area contributed by atoms with Gasteiger partial charge in [-0.3, -0.25) is 4.79 Å². The van der Waals surface area contributed by atoms with E-state index in [4.69, 9.17) is 4.52 Å². The number of carbonyl (C=O) groups is 1. The second-order valence-corrected chi connectivity index (χ2v) is 6.01. The highest BCUT2D eigenvalue weighted by Gasteiger charge is 2.29. The summed E-state index contributed by atoms with van der Waals surface area (Å²) in [6.45, 7) is 3.47. The van der Waals surface area contributed by atoms with Gasteiger partial charge in [0.05, 0.1) is 18.0 Å². The van der Waals surface area contributed by atoms with Crippen LogP contribution in [0, 0.1) is 6.92 Å². The molecular formula is C14H13N5O2S. The van der Waals surface area contributed by atoms with Crippen LogP contribution >= 0.6 is 11.3 Å². The normalized spacial score (nSPS) is 14.1. The first-order valence-corrected chi connectivity index (χ1v) is 7.78. The van der Waals surface area contributed by atoms with Crippen molar-refractivity contribution in [1.82, 2.24) is 24.8 Å². The van der Waals surface area contributed by atoms with Crippen molar-refractivity contribution in [2.75, 3.05) is 6.54 Å². The van der Waals surface area contributed by atoms with Gasteiger partial charge >= 0.3 is 0 Å². The molecular weight excluding hydrogens is 302 g/mol. The molecule has 112 valence electrons. The molecule has 1 amide bonds. The van der Waals surface area contributed by atoms with E-state index in [0.717, 1.165) is 10.7 Å². The van der Waals surface area contributed by atoms with Crippen LogP contribution in [0.25, 0.3) is 10.6 Å². The van der Waals surface area contributed by atoms with Gasteiger partial charge in [0.2, 0.25) is 0 Å². The number of carbonyl (C=O) groups excluding carboxylic acids is 1. The molecule has 0 unspecified atom stereocenters. The minimum absolute atomic E-state index is 0.0728. The van der Waals surface area contributed by atoms with Crippen molar-refractivity contribution >= 4 is 17.2 Å². The Kier molecular flexibility index (Phi) is 3.04. The van der Waals surface area contributed by atoms with Crippen molar-refractivity contribution < 1.29 is 9.32 Å². The Bertz CT molecular complexity index is 820. The van der Waals surface area contributed by atoms with Crippen LogP contribution in [0.5, 0.6) is 0 Å². The van der Waals surface area contributed by atoms with Crippen LogP contribution in [0.1, 0.15) is 21.9 Å². The van der Waals surface area contributed by atoms with E-state index in [-0.39, 0.29) is 5.91 Å². The van der Waals surface area contributed by atoms with E-state index >= 15 is 0 Å². The summed E-state index contributed by atoms with van der Waals surface area (Å²) >= 11 is 1.54. The van der Waals surface area contributed by atoms with Crippen molar-refractivity contribution in [2.24, 2.45) is 0 Å². The molecule has 0 bridgehead atoms. The fourth-order valence-corrected chi connectivity index (χ4v) is 3.31. The molecule has 3 aromatic rings. The SMILES string of the molecule is Cc1onc(-c2cccs2)c1C(=O)N1CCn2ncnc2C1. The number of rotatable bonds is 2. The second-order valence-electron chi connectivity index (χ2n) is 5.07. The van der Waals surface area contributed by atoms with E-state index in [9.17, 15) is 4.79 Å². The average molecular weight is 315 g/mol. The van der Waals surface area contributed by atoms with Gasteiger partial charge < -0.3 is 9.42 Å². The lowest BCUT2D eigenvalue weighted by molar-refractivity contribution is 0.0701. The quantitative estimate of drug-likeness (QED) is 0.722. The molecule has 0 radical (unpaired) electrons. The monoisotopic (exact) mass is 315 g/mol. The van der Waals surface area contributed by atoms with Gasteiger partial charge in [-0.25, -0.2) is 9.67 Å². The summed E-state index contributed by atoms with van der Waals surface area (Å²) in [5.74, 6) is 1.27. The average Bonchev–Trinajstić information content (AvgIpc) is 3.25. The van der Waals surface area contributed by atoms with Crippen LogP contribution < -0.4 is 0 Å². The predicted octanol–water partition coefficient (Wildman–Crippen LogP) is 1.96. The molecule has 22 heavy (non-hydrogen) atoms. The highest BCUT2D eigenvalue weighted by Crippen LogP contribution is 2.30. The first-order valence-electron chi connectivity index (χ1n) is 6.90. The minimum atomic E-state index is -0.0728. The molecule has 1 aliphatic rings. The lowest BCUT2D eigenvalue weighted by Gasteiger charge is -2.26. The third-order valence-electron chi connectivity index (χ3n) is 3.73. The summed E-state index contributed by atoms with van der Waals surface area (Å²) in [6.07, 6.45) is 1.52. The zero-order valence-corrected chi connectivity index (χ0v) is 12.7. The molecule has 0 fully saturated rings. The predicted molar refractivity (Wildman–Crippen MR) is 79.3 cm³/mol. The maximum absolute atomic E-state index is 12.9. The summed E-state index contributed by atoms with van der Waals surface area (Å²) in [7, 11) is 0. The van der Waals surface area contributed by atoms with Crippen molar-refractivity contribution in [3.63, 3.8) is 0 Å². The summed E-state index contributed by atoms with van der Waals surface area (Å²) in [5, 5.41) is 10.1. The van der Waals surface area contributed by atoms with Gasteiger partial charge in [0, 0.05) is 6.54 Å². The molecule has 0 saturated carbocycles. The van der Waals surface area contributed by atoms with E-state index in [1.165, 1.54) is 17.7 Å². The van der Waals surface area contributed by atoms with Gasteiger partial charge in [-0.15, -0.1) is 11.3 Å². The molecule has 3 aromatic heterocycles. The van der Waals surface area contributed by atoms with Crippen LogP contribution in [0.15, 0.2) is 28.4 Å². The van der Waals surface area contributed by atoms with Crippen LogP contribution in [0.2, 0.25) is 0 Å². The third kappa shape index (κ3) is 2.03. The number of hydrogen-bond donors (Lipinski definition) is 0. The summed E-state index contributed by atoms with van der Waals surface area (Å²) in [5.41, 5.74) is 1.15. The number of amides is 1. The number of hydrogen-bond acceptors (Lipinski definition) is 6. The van der Waals surface area contributed by atoms with Crippen LogP contribution in [-0.4, -0.2) is 37.3 Å². The molecule has 1 aliphatic heterocycles. The van der Waals surface area contributed by atoms with Crippen molar-refractivity contribution in [3.8, 4) is 10.6 Å². The van der Waals surface area contributed by atoms with E-state index in [1.54, 1.807) is 11.8 Å². The molecule has 0 saturated heterocycles. The first-order chi connectivity index (χ1) is 10.7. The number of thiophene rings is 1. The fraction of sp³-hybridized carbons (Fsp3) is 0.286. The molecule has 0 aliphatic carbocycles. The van der Waals surface area contributed by atoms with Gasteiger partial charge in [-0.1, -0.05) is 11.2 Å². The lowest BCUT2D eigenvalue weighted by atomic mass is 10.1. The second kappa shape index (κ2) is 5.06. The molecule has 8 heteroatoms. The Morgan fingerprint density at radius 1 is 1.41 bits per heavy atom. The zero-order valence-electron chi connectivity index (χ0n) is 11.9. The van der Waals surface area contributed by atoms with Crippen LogP contribution in [0.3, 0.4) is 0 Å². The first kappa shape index (κ1) is 13.2. The van der Waals surface area contributed by atoms with E-state index in [2.05, 4.69) is 15.2 Å². The van der Waals surface area contributed by atoms with E-state index in [0.29, 0.717) is 36.7 Å². The Morgan fingerprint density at radius 3 is 3.14 bits per heavy atom. The van der Waals surface area contributed by atoms with Gasteiger partial charge in [0.15, 0.2) is 0 Å². The highest BCUT2D eigenvalue weighted by molar-refractivity contribution is 7.13. The van der Waals surface area contributed by atoms with E-state index in [1.807, 2.05) is 22.2 Å². The Balaban J connectivity index is 1.68. The number of fused-ring (bicyclic) bond motifs is 1. The Hall–Kier alpha value is -2.48. The number of aryl methyl sites for hydroxylation is 1. The molecule has 0 spiro atoms. The largest absolute Gasteiger partial charge is 0.360 e. The molecule has 7 nitrogen and oxygen atoms in total. The Labute approximate surface area is 130 Å². The maximum atomic E-state index is 12.9. The molecule has 4 rings (SSSR count). The summed E-state index contributed by atoms with van der Waals surface area (Å²) in [6, 6.07) is 3.87. The van der Waals surface area contributed by atoms with Crippen molar-refractivity contribution in [3.05, 3.63) is 41.0 Å². The smallest absolute Gasteiger partial charge is 0.260 e. The van der Waals surface area contributed by atoms with Crippen LogP contribution in [0.4, 0.5) is 0 Å². The van der Waals surface area contributed by atoms with E-state index < -0.39 is 0 Å². The van der Waals surface area contributed by atoms with Crippen LogP contribution in [-0.2, 0) is 13.1 Å². The standard InChI is InChI=1S/C14H13N5O2S/c1-9-12(13(17-21-9)10-3-2-6-22-10)14(20)18-4-5-19-11(7-18)15-8-16-19/h2-3,6,8H,4-5,7H2,1H3. The molecule has 0 N–H and O–H groups in total. The molecule has 0 atom stereocenters. The summed E-state index contributed by atoms with van der Waals surface area (Å²) in [4.78, 5) is 19.8. The minimum Gasteiger partial charge on any atom is -0.360 e. The molecule has 4 heterocycles.